The van der Waals surface area contributed by atoms with Crippen molar-refractivity contribution in [3.8, 4) is 0 Å². The minimum Gasteiger partial charge on any atom is -0.480 e. The van der Waals surface area contributed by atoms with Gasteiger partial charge in [-0.2, -0.15) is 0 Å². The van der Waals surface area contributed by atoms with E-state index in [0.717, 1.165) is 9.88 Å². The third kappa shape index (κ3) is 3.28. The number of likely N-dealkylation sites (N-methyl/N-ethyl adjacent to an activating group) is 1. The zero-order chi connectivity index (χ0) is 11.4. The monoisotopic (exact) mass is 228 g/mol. The van der Waals surface area contributed by atoms with Crippen molar-refractivity contribution in [2.45, 2.75) is 32.9 Å². The second kappa shape index (κ2) is 5.23. The standard InChI is InChI=1S/C10H16N2O2S/c1-4-9(10(13)14)12(3)6-8-5-11-7(2)15-8/h5,9H,4,6H2,1-3H3,(H,13,14). The number of aromatic nitrogens is 1. The van der Waals surface area contributed by atoms with E-state index in [1.807, 2.05) is 32.0 Å². The summed E-state index contributed by atoms with van der Waals surface area (Å²) in [6.07, 6.45) is 2.43. The first-order valence-electron chi connectivity index (χ1n) is 4.89. The van der Waals surface area contributed by atoms with Gasteiger partial charge in [-0.25, -0.2) is 4.98 Å². The van der Waals surface area contributed by atoms with Gasteiger partial charge in [-0.15, -0.1) is 11.3 Å². The summed E-state index contributed by atoms with van der Waals surface area (Å²) >= 11 is 1.61. The molecule has 0 aliphatic heterocycles. The van der Waals surface area contributed by atoms with E-state index in [0.29, 0.717) is 13.0 Å². The molecular weight excluding hydrogens is 212 g/mol. The van der Waals surface area contributed by atoms with E-state index >= 15 is 0 Å². The largest absolute Gasteiger partial charge is 0.480 e. The summed E-state index contributed by atoms with van der Waals surface area (Å²) < 4.78 is 0. The van der Waals surface area contributed by atoms with E-state index in [-0.39, 0.29) is 0 Å². The lowest BCUT2D eigenvalue weighted by Gasteiger charge is -2.22. The highest BCUT2D eigenvalue weighted by molar-refractivity contribution is 7.11. The lowest BCUT2D eigenvalue weighted by atomic mass is 10.2. The van der Waals surface area contributed by atoms with Crippen LogP contribution in [0.5, 0.6) is 0 Å². The fraction of sp³-hybridized carbons (Fsp3) is 0.600. The van der Waals surface area contributed by atoms with Crippen molar-refractivity contribution in [1.82, 2.24) is 9.88 Å². The minimum atomic E-state index is -0.763. The number of hydrogen-bond acceptors (Lipinski definition) is 4. The Labute approximate surface area is 93.6 Å². The highest BCUT2D eigenvalue weighted by atomic mass is 32.1. The first-order valence-corrected chi connectivity index (χ1v) is 5.70. The Kier molecular flexibility index (Phi) is 4.23. The van der Waals surface area contributed by atoms with Crippen molar-refractivity contribution >= 4 is 17.3 Å². The maximum absolute atomic E-state index is 10.9. The fourth-order valence-electron chi connectivity index (χ4n) is 1.51. The quantitative estimate of drug-likeness (QED) is 0.834. The molecule has 0 radical (unpaired) electrons. The molecule has 1 aromatic heterocycles. The molecule has 0 spiro atoms. The first kappa shape index (κ1) is 12.1. The number of aryl methyl sites for hydroxylation is 1. The van der Waals surface area contributed by atoms with Gasteiger partial charge in [0.25, 0.3) is 0 Å². The highest BCUT2D eigenvalue weighted by Crippen LogP contribution is 2.15. The predicted octanol–water partition coefficient (Wildman–Crippen LogP) is 1.75. The maximum atomic E-state index is 10.9. The summed E-state index contributed by atoms with van der Waals surface area (Å²) in [5, 5.41) is 9.99. The topological polar surface area (TPSA) is 53.4 Å². The van der Waals surface area contributed by atoms with Gasteiger partial charge in [-0.3, -0.25) is 9.69 Å². The summed E-state index contributed by atoms with van der Waals surface area (Å²) in [6.45, 7) is 4.48. The Hall–Kier alpha value is -0.940. The van der Waals surface area contributed by atoms with E-state index in [4.69, 9.17) is 5.11 Å². The van der Waals surface area contributed by atoms with Crippen LogP contribution in [0.15, 0.2) is 6.20 Å². The Bertz CT molecular complexity index is 338. The van der Waals surface area contributed by atoms with E-state index in [9.17, 15) is 4.79 Å². The highest BCUT2D eigenvalue weighted by Gasteiger charge is 2.20. The first-order chi connectivity index (χ1) is 7.04. The number of nitrogens with zero attached hydrogens (tertiary/aromatic N) is 2. The molecule has 5 heteroatoms. The summed E-state index contributed by atoms with van der Waals surface area (Å²) in [5.74, 6) is -0.763. The Morgan fingerprint density at radius 1 is 1.73 bits per heavy atom. The molecular formula is C10H16N2O2S. The molecule has 1 aromatic rings. The molecule has 0 amide bonds. The number of carboxylic acids is 1. The van der Waals surface area contributed by atoms with Crippen molar-refractivity contribution in [3.05, 3.63) is 16.1 Å². The molecule has 1 heterocycles. The lowest BCUT2D eigenvalue weighted by molar-refractivity contribution is -0.143. The van der Waals surface area contributed by atoms with Crippen LogP contribution in [0.25, 0.3) is 0 Å². The number of carboxylic acid groups (broad SMARTS) is 1. The van der Waals surface area contributed by atoms with Gasteiger partial charge >= 0.3 is 5.97 Å². The Morgan fingerprint density at radius 2 is 2.40 bits per heavy atom. The van der Waals surface area contributed by atoms with Crippen LogP contribution in [0.4, 0.5) is 0 Å². The molecule has 4 nitrogen and oxygen atoms in total. The fourth-order valence-corrected chi connectivity index (χ4v) is 2.37. The SMILES string of the molecule is CCC(C(=O)O)N(C)Cc1cnc(C)s1. The van der Waals surface area contributed by atoms with Gasteiger partial charge < -0.3 is 5.11 Å². The number of hydrogen-bond donors (Lipinski definition) is 1. The van der Waals surface area contributed by atoms with E-state index in [2.05, 4.69) is 4.98 Å². The van der Waals surface area contributed by atoms with Gasteiger partial charge in [0.05, 0.1) is 5.01 Å². The van der Waals surface area contributed by atoms with Crippen molar-refractivity contribution < 1.29 is 9.90 Å². The molecule has 0 saturated carbocycles. The van der Waals surface area contributed by atoms with Crippen molar-refractivity contribution in [3.63, 3.8) is 0 Å². The normalized spacial score (nSPS) is 13.1. The van der Waals surface area contributed by atoms with Crippen LogP contribution >= 0.6 is 11.3 Å². The molecule has 0 saturated heterocycles. The van der Waals surface area contributed by atoms with Gasteiger partial charge in [-0.05, 0) is 20.4 Å². The van der Waals surface area contributed by atoms with Crippen LogP contribution in [0.1, 0.15) is 23.2 Å². The molecule has 0 aromatic carbocycles. The molecule has 0 aliphatic carbocycles. The average Bonchev–Trinajstić information content (AvgIpc) is 2.51. The average molecular weight is 228 g/mol. The van der Waals surface area contributed by atoms with Gasteiger partial charge in [0.15, 0.2) is 0 Å². The number of thiazole rings is 1. The molecule has 1 rings (SSSR count). The number of rotatable bonds is 5. The Morgan fingerprint density at radius 3 is 2.80 bits per heavy atom. The molecule has 1 atom stereocenters. The molecule has 1 unspecified atom stereocenters. The molecule has 84 valence electrons. The van der Waals surface area contributed by atoms with Crippen LogP contribution in [0.3, 0.4) is 0 Å². The third-order valence-corrected chi connectivity index (χ3v) is 3.18. The maximum Gasteiger partial charge on any atom is 0.320 e. The second-order valence-electron chi connectivity index (χ2n) is 3.52. The molecule has 1 N–H and O–H groups in total. The van der Waals surface area contributed by atoms with Crippen LogP contribution < -0.4 is 0 Å². The van der Waals surface area contributed by atoms with Crippen LogP contribution in [0.2, 0.25) is 0 Å². The van der Waals surface area contributed by atoms with Crippen LogP contribution in [-0.4, -0.2) is 34.0 Å². The smallest absolute Gasteiger partial charge is 0.320 e. The van der Waals surface area contributed by atoms with E-state index in [1.165, 1.54) is 0 Å². The van der Waals surface area contributed by atoms with Crippen LogP contribution in [0, 0.1) is 6.92 Å². The van der Waals surface area contributed by atoms with Crippen molar-refractivity contribution in [1.29, 1.82) is 0 Å². The molecule has 15 heavy (non-hydrogen) atoms. The molecule has 0 aliphatic rings. The van der Waals surface area contributed by atoms with Gasteiger partial charge in [-0.1, -0.05) is 6.92 Å². The predicted molar refractivity (Wildman–Crippen MR) is 60.0 cm³/mol. The van der Waals surface area contributed by atoms with E-state index in [1.54, 1.807) is 11.3 Å². The summed E-state index contributed by atoms with van der Waals surface area (Å²) in [7, 11) is 1.83. The number of aliphatic carboxylic acids is 1. The molecule has 0 fully saturated rings. The zero-order valence-electron chi connectivity index (χ0n) is 9.23. The second-order valence-corrected chi connectivity index (χ2v) is 4.84. The Balaban J connectivity index is 2.61. The summed E-state index contributed by atoms with van der Waals surface area (Å²) in [6, 6.07) is -0.410. The van der Waals surface area contributed by atoms with Gasteiger partial charge in [0.2, 0.25) is 0 Å². The lowest BCUT2D eigenvalue weighted by Crippen LogP contribution is -2.37. The van der Waals surface area contributed by atoms with Crippen LogP contribution in [-0.2, 0) is 11.3 Å². The minimum absolute atomic E-state index is 0.410. The van der Waals surface area contributed by atoms with Gasteiger partial charge in [0.1, 0.15) is 6.04 Å². The summed E-state index contributed by atoms with van der Waals surface area (Å²) in [4.78, 5) is 18.0. The van der Waals surface area contributed by atoms with Crippen molar-refractivity contribution in [2.24, 2.45) is 0 Å². The zero-order valence-corrected chi connectivity index (χ0v) is 10.0. The summed E-state index contributed by atoms with van der Waals surface area (Å²) in [5.41, 5.74) is 0. The van der Waals surface area contributed by atoms with Gasteiger partial charge in [0, 0.05) is 17.6 Å². The number of carbonyl (C=O) groups is 1. The van der Waals surface area contributed by atoms with Crippen molar-refractivity contribution in [2.75, 3.05) is 7.05 Å². The van der Waals surface area contributed by atoms with E-state index < -0.39 is 12.0 Å². The third-order valence-electron chi connectivity index (χ3n) is 2.28. The molecule has 0 bridgehead atoms.